The SMILES string of the molecule is Brc1ccc2c(c1)Cc1cc(Br)ccc1-2.CCCCCCCCC1(CCCCCCCC)c2cc(N(C)c3ccc([N+](=O)[O-])cc3)ccc2-c2ccc(N(c3ccc([N+](=O)[O-])cc3)c3ccc4c(c3)Cc3cc(C)ccc3-4)cc21.CCCCCCCCC1(CCCCCCCC)c2cc(Nc3ccc([N+](=O)[O-])cc3)ccc2-c2ccc(Nc3ccc([N+](=O)[O-])cc3)cc21. The summed E-state index contributed by atoms with van der Waals surface area (Å²) in [5, 5.41) is 52.8. The summed E-state index contributed by atoms with van der Waals surface area (Å²) in [5.74, 6) is 0. The number of rotatable bonds is 41. The smallest absolute Gasteiger partial charge is 0.269 e. The molecule has 0 aromatic heterocycles. The number of nitro groups is 4. The Morgan fingerprint density at radius 1 is 0.289 bits per heavy atom. The van der Waals surface area contributed by atoms with Gasteiger partial charge in [0.1, 0.15) is 0 Å². The first-order valence-electron chi connectivity index (χ1n) is 46.6. The van der Waals surface area contributed by atoms with Crippen LogP contribution in [0.2, 0.25) is 0 Å². The van der Waals surface area contributed by atoms with Crippen LogP contribution >= 0.6 is 31.9 Å². The van der Waals surface area contributed by atoms with E-state index in [4.69, 9.17) is 0 Å². The zero-order valence-electron chi connectivity index (χ0n) is 75.0. The van der Waals surface area contributed by atoms with Crippen molar-refractivity contribution in [2.75, 3.05) is 27.5 Å². The number of non-ortho nitro benzene ring substituents is 4. The van der Waals surface area contributed by atoms with Crippen LogP contribution in [0.1, 0.15) is 258 Å². The van der Waals surface area contributed by atoms with Crippen LogP contribution in [0, 0.1) is 47.4 Å². The minimum absolute atomic E-state index is 0.0688. The van der Waals surface area contributed by atoms with Crippen molar-refractivity contribution in [3.63, 3.8) is 0 Å². The molecule has 18 heteroatoms. The third-order valence-corrected chi connectivity index (χ3v) is 27.7. The number of fused-ring (bicyclic) bond motifs is 12. The van der Waals surface area contributed by atoms with Gasteiger partial charge in [-0.2, -0.15) is 0 Å². The van der Waals surface area contributed by atoms with E-state index >= 15 is 0 Å². The molecule has 16 rings (SSSR count). The van der Waals surface area contributed by atoms with Gasteiger partial charge in [0.2, 0.25) is 0 Å². The number of hydrogen-bond donors (Lipinski definition) is 2. The van der Waals surface area contributed by atoms with Crippen LogP contribution < -0.4 is 20.4 Å². The Morgan fingerprint density at radius 2 is 0.562 bits per heavy atom. The van der Waals surface area contributed by atoms with Gasteiger partial charge < -0.3 is 20.4 Å². The Bertz CT molecular complexity index is 5710. The topological polar surface area (TPSA) is 203 Å². The largest absolute Gasteiger partial charge is 0.356 e. The third kappa shape index (κ3) is 21.7. The average molecular weight is 1840 g/mol. The van der Waals surface area contributed by atoms with Crippen LogP contribution in [0.5, 0.6) is 0 Å². The van der Waals surface area contributed by atoms with Gasteiger partial charge in [0.15, 0.2) is 0 Å². The van der Waals surface area contributed by atoms with Crippen LogP contribution in [-0.4, -0.2) is 26.7 Å². The van der Waals surface area contributed by atoms with Crippen LogP contribution in [0.4, 0.5) is 73.9 Å². The first-order chi connectivity index (χ1) is 62.2. The van der Waals surface area contributed by atoms with Crippen LogP contribution in [0.25, 0.3) is 44.5 Å². The Hall–Kier alpha value is -11.6. The van der Waals surface area contributed by atoms with Gasteiger partial charge in [0.05, 0.1) is 19.7 Å². The molecule has 0 unspecified atom stereocenters. The normalized spacial score (nSPS) is 12.8. The molecule has 4 aliphatic carbocycles. The summed E-state index contributed by atoms with van der Waals surface area (Å²) in [6.45, 7) is 11.2. The number of benzene rings is 12. The number of nitro benzene ring substituents is 4. The molecular formula is C110H120Br2N8O8. The summed E-state index contributed by atoms with van der Waals surface area (Å²) in [4.78, 5) is 48.8. The molecule has 0 atom stereocenters. The highest BCUT2D eigenvalue weighted by molar-refractivity contribution is 9.10. The number of anilines is 9. The van der Waals surface area contributed by atoms with Gasteiger partial charge in [-0.3, -0.25) is 40.5 Å². The minimum Gasteiger partial charge on any atom is -0.356 e. The lowest BCUT2D eigenvalue weighted by molar-refractivity contribution is -0.385. The summed E-state index contributed by atoms with van der Waals surface area (Å²) in [5.41, 5.74) is 30.9. The summed E-state index contributed by atoms with van der Waals surface area (Å²) in [7, 11) is 2.05. The number of unbranched alkanes of at least 4 members (excludes halogenated alkanes) is 20. The number of hydrogen-bond acceptors (Lipinski definition) is 12. The van der Waals surface area contributed by atoms with Crippen molar-refractivity contribution < 1.29 is 19.7 Å². The van der Waals surface area contributed by atoms with Gasteiger partial charge >= 0.3 is 0 Å². The van der Waals surface area contributed by atoms with Gasteiger partial charge in [-0.1, -0.05) is 280 Å². The maximum absolute atomic E-state index is 11.9. The lowest BCUT2D eigenvalue weighted by Crippen LogP contribution is -2.26. The van der Waals surface area contributed by atoms with Gasteiger partial charge in [0.25, 0.3) is 22.7 Å². The Balaban J connectivity index is 0.000000181. The van der Waals surface area contributed by atoms with Crippen LogP contribution in [0.15, 0.2) is 252 Å². The van der Waals surface area contributed by atoms with E-state index in [0.29, 0.717) is 0 Å². The standard InChI is InChI=1S/C56H62N4O4.C41H50N4O4.C13H8Br2/c1-5-7-9-11-13-15-33-56(34-16-14-12-10-8-6-2)54-38-47(57(4)43-18-22-45(23-19-43)59(61)62)26-31-52(54)53-32-28-49(39-55(53)56)58(44-20-24-46(25-21-44)60(63)64)48-27-30-51-42(37-48)36-41-35-40(3)17-29-50(41)51;1-3-5-7-9-11-13-27-41(28-14-12-10-8-6-4-2)39-29-33(42-31-15-21-35(22-16-31)44(46)47)19-25-37(39)38-26-20-34(30-40(38)41)43-32-17-23-36(24-18-32)45(48)49;14-10-1-3-12-8(6-10)5-9-7-11(15)2-4-13(9)12/h17-32,35,37-39H,5-16,33-34,36H2,1-4H3;15-26,29-30,42-43H,3-14,27-28H2,1-2H3;1-4,6-7H,5H2. The van der Waals surface area contributed by atoms with Crippen molar-refractivity contribution >= 4 is 106 Å². The maximum Gasteiger partial charge on any atom is 0.269 e. The monoisotopic (exact) mass is 1840 g/mol. The molecule has 0 radical (unpaired) electrons. The van der Waals surface area contributed by atoms with Crippen molar-refractivity contribution in [2.45, 2.75) is 238 Å². The Labute approximate surface area is 772 Å². The first-order valence-corrected chi connectivity index (χ1v) is 48.2. The zero-order chi connectivity index (χ0) is 89.9. The number of nitrogens with zero attached hydrogens (tertiary/aromatic N) is 6. The molecule has 2 N–H and O–H groups in total. The molecule has 128 heavy (non-hydrogen) atoms. The van der Waals surface area contributed by atoms with E-state index in [9.17, 15) is 40.5 Å². The lowest BCUT2D eigenvalue weighted by Gasteiger charge is -2.35. The minimum atomic E-state index is -0.375. The van der Waals surface area contributed by atoms with E-state index in [0.717, 1.165) is 124 Å². The van der Waals surface area contributed by atoms with Crippen molar-refractivity contribution in [3.8, 4) is 44.5 Å². The predicted octanol–water partition coefficient (Wildman–Crippen LogP) is 33.9. The van der Waals surface area contributed by atoms with Crippen molar-refractivity contribution in [2.24, 2.45) is 0 Å². The molecule has 12 aromatic carbocycles. The van der Waals surface area contributed by atoms with E-state index < -0.39 is 0 Å². The number of halogens is 2. The first kappa shape index (κ1) is 92.6. The van der Waals surface area contributed by atoms with Gasteiger partial charge in [-0.15, -0.1) is 0 Å². The fourth-order valence-electron chi connectivity index (χ4n) is 20.0. The quantitative estimate of drug-likeness (QED) is 0.0209. The average Bonchev–Trinajstić information content (AvgIpc) is 1.59. The molecule has 0 saturated heterocycles. The summed E-state index contributed by atoms with van der Waals surface area (Å²) in [6.07, 6.45) is 35.5. The van der Waals surface area contributed by atoms with Crippen molar-refractivity contribution in [1.82, 2.24) is 0 Å². The highest BCUT2D eigenvalue weighted by Crippen LogP contribution is 2.59. The maximum atomic E-state index is 11.9. The number of aryl methyl sites for hydroxylation is 1. The van der Waals surface area contributed by atoms with Gasteiger partial charge in [-0.25, -0.2) is 0 Å². The summed E-state index contributed by atoms with van der Waals surface area (Å²) in [6, 6.07) is 80.7. The van der Waals surface area contributed by atoms with Gasteiger partial charge in [-0.05, 0) is 268 Å². The highest BCUT2D eigenvalue weighted by atomic mass is 79.9. The molecule has 0 saturated carbocycles. The molecule has 0 fully saturated rings. The van der Waals surface area contributed by atoms with E-state index in [-0.39, 0.29) is 53.3 Å². The fraction of sp³-hybridized carbons (Fsp3) is 0.345. The second-order valence-corrected chi connectivity index (χ2v) is 37.3. The molecule has 12 aromatic rings. The van der Waals surface area contributed by atoms with E-state index in [2.05, 4.69) is 233 Å². The van der Waals surface area contributed by atoms with E-state index in [1.54, 1.807) is 48.5 Å². The second-order valence-electron chi connectivity index (χ2n) is 35.5. The molecule has 0 amide bonds. The molecule has 662 valence electrons. The van der Waals surface area contributed by atoms with Crippen LogP contribution in [0.3, 0.4) is 0 Å². The van der Waals surface area contributed by atoms with E-state index in [1.807, 2.05) is 31.3 Å². The van der Waals surface area contributed by atoms with Gasteiger partial charge in [0, 0.05) is 127 Å². The molecule has 0 heterocycles. The lowest BCUT2D eigenvalue weighted by atomic mass is 9.70. The molecule has 4 aliphatic rings. The second kappa shape index (κ2) is 43.5. The van der Waals surface area contributed by atoms with Crippen molar-refractivity contribution in [1.29, 1.82) is 0 Å². The fourth-order valence-corrected chi connectivity index (χ4v) is 20.8. The number of nitrogens with one attached hydrogen (secondary N) is 2. The Morgan fingerprint density at radius 3 is 0.945 bits per heavy atom. The molecule has 0 bridgehead atoms. The zero-order valence-corrected chi connectivity index (χ0v) is 78.2. The molecule has 0 aliphatic heterocycles. The summed E-state index contributed by atoms with van der Waals surface area (Å²) < 4.78 is 2.32. The Kier molecular flexibility index (Phi) is 31.4. The third-order valence-electron chi connectivity index (χ3n) is 26.7. The summed E-state index contributed by atoms with van der Waals surface area (Å²) >= 11 is 7.03. The van der Waals surface area contributed by atoms with Crippen molar-refractivity contribution in [3.05, 3.63) is 342 Å². The molecule has 16 nitrogen and oxygen atoms in total. The molecular weight excluding hydrogens is 1720 g/mol. The predicted molar refractivity (Wildman–Crippen MR) is 536 cm³/mol. The van der Waals surface area contributed by atoms with Crippen LogP contribution in [-0.2, 0) is 23.7 Å². The highest BCUT2D eigenvalue weighted by Gasteiger charge is 2.45. The molecule has 0 spiro atoms. The van der Waals surface area contributed by atoms with E-state index in [1.165, 1.54) is 247 Å².